The first kappa shape index (κ1) is 35.4. The number of unbranched alkanes of at least 4 members (excludes halogenated alkanes) is 1. The largest absolute Gasteiger partial charge is 0.449 e. The molecule has 1 fully saturated rings. The molecule has 1 aliphatic rings. The minimum Gasteiger partial charge on any atom is -0.449 e. The van der Waals surface area contributed by atoms with Crippen LogP contribution in [0.5, 0.6) is 0 Å². The summed E-state index contributed by atoms with van der Waals surface area (Å²) < 4.78 is 5.77. The first-order valence-electron chi connectivity index (χ1n) is 15.8. The van der Waals surface area contributed by atoms with Gasteiger partial charge < -0.3 is 36.3 Å². The van der Waals surface area contributed by atoms with Crippen LogP contribution < -0.4 is 26.6 Å². The summed E-state index contributed by atoms with van der Waals surface area (Å²) in [5.41, 5.74) is 4.94. The summed E-state index contributed by atoms with van der Waals surface area (Å²) in [7, 11) is 0. The van der Waals surface area contributed by atoms with Crippen LogP contribution in [0.4, 0.5) is 0 Å². The van der Waals surface area contributed by atoms with E-state index in [0.717, 1.165) is 24.0 Å². The average molecular weight is 618 g/mol. The highest BCUT2D eigenvalue weighted by Gasteiger charge is 2.23. The Morgan fingerprint density at radius 3 is 2.42 bits per heavy atom. The van der Waals surface area contributed by atoms with Crippen molar-refractivity contribution in [1.82, 2.24) is 26.6 Å². The lowest BCUT2D eigenvalue weighted by atomic mass is 9.72. The summed E-state index contributed by atoms with van der Waals surface area (Å²) in [5, 5.41) is 24.0. The second-order valence-corrected chi connectivity index (χ2v) is 11.5. The molecule has 11 heteroatoms. The van der Waals surface area contributed by atoms with Crippen molar-refractivity contribution in [1.29, 1.82) is 0 Å². The smallest absolute Gasteiger partial charge is 0.305 e. The van der Waals surface area contributed by atoms with Crippen molar-refractivity contribution in [2.45, 2.75) is 64.4 Å². The fourth-order valence-corrected chi connectivity index (χ4v) is 4.84. The van der Waals surface area contributed by atoms with E-state index in [1.165, 1.54) is 18.4 Å². The van der Waals surface area contributed by atoms with Gasteiger partial charge in [-0.05, 0) is 60.9 Å². The number of rotatable bonds is 12. The Morgan fingerprint density at radius 2 is 1.76 bits per heavy atom. The molecule has 10 nitrogen and oxygen atoms in total. The molecule has 2 unspecified atom stereocenters. The molecule has 0 bridgehead atoms. The van der Waals surface area contributed by atoms with Gasteiger partial charge in [-0.1, -0.05) is 69.7 Å². The van der Waals surface area contributed by atoms with Crippen LogP contribution in [0.2, 0.25) is 6.82 Å². The van der Waals surface area contributed by atoms with Crippen molar-refractivity contribution in [3.8, 4) is 11.1 Å². The molecule has 0 radical (unpaired) electrons. The Kier molecular flexibility index (Phi) is 14.7. The zero-order valence-corrected chi connectivity index (χ0v) is 26.6. The Bertz CT molecular complexity index is 1280. The number of aryl methyl sites for hydroxylation is 1. The van der Waals surface area contributed by atoms with Gasteiger partial charge in [-0.15, -0.1) is 0 Å². The molecule has 3 rings (SSSR count). The van der Waals surface area contributed by atoms with Crippen LogP contribution in [0, 0.1) is 0 Å². The maximum absolute atomic E-state index is 13.0. The van der Waals surface area contributed by atoms with Gasteiger partial charge in [0, 0.05) is 30.0 Å². The zero-order chi connectivity index (χ0) is 32.6. The standard InChI is InChI=1S/C34H48BN5O5/c1-5-6-9-26-11-13-27(14-12-26)28-15-17-29(18-16-28)32(41)36-20-25(3)40-31-22-45-19-8-7-10-30(33(42)38-23-35(4)44)39-24(2)21-37-34(31)43/h11-18,30-31,39-40,44H,2-3,5-10,19-23H2,1,4H3,(H,36,41)(H,37,43)(H,38,42). The fourth-order valence-electron chi connectivity index (χ4n) is 4.84. The predicted octanol–water partition coefficient (Wildman–Crippen LogP) is 2.96. The van der Waals surface area contributed by atoms with E-state index in [2.05, 4.69) is 70.9 Å². The SMILES string of the molecule is C=C1CNC(=O)C(NC(=C)CNC(=O)c2ccc(-c3ccc(CCCC)cc3)cc2)COCCCCC(C(=O)NCB(C)O)N1. The van der Waals surface area contributed by atoms with Gasteiger partial charge in [0.15, 0.2) is 0 Å². The molecule has 2 atom stereocenters. The highest BCUT2D eigenvalue weighted by Crippen LogP contribution is 2.21. The molecular weight excluding hydrogens is 569 g/mol. The molecule has 1 aliphatic heterocycles. The van der Waals surface area contributed by atoms with Gasteiger partial charge in [0.25, 0.3) is 5.91 Å². The Labute approximate surface area is 267 Å². The van der Waals surface area contributed by atoms with Gasteiger partial charge in [-0.3, -0.25) is 14.4 Å². The number of amides is 3. The minimum atomic E-state index is -0.735. The number of carbonyl (C=O) groups excluding carboxylic acids is 3. The molecule has 45 heavy (non-hydrogen) atoms. The number of carbonyl (C=O) groups is 3. The lowest BCUT2D eigenvalue weighted by molar-refractivity contribution is -0.124. The number of hydrogen-bond donors (Lipinski definition) is 6. The molecule has 0 aliphatic carbocycles. The lowest BCUT2D eigenvalue weighted by Crippen LogP contribution is -2.50. The van der Waals surface area contributed by atoms with Crippen LogP contribution in [-0.4, -0.2) is 74.5 Å². The summed E-state index contributed by atoms with van der Waals surface area (Å²) in [6, 6.07) is 14.7. The monoisotopic (exact) mass is 617 g/mol. The van der Waals surface area contributed by atoms with Crippen molar-refractivity contribution in [3.63, 3.8) is 0 Å². The lowest BCUT2D eigenvalue weighted by Gasteiger charge is -2.22. The molecule has 0 aromatic heterocycles. The predicted molar refractivity (Wildman–Crippen MR) is 179 cm³/mol. The third-order valence-electron chi connectivity index (χ3n) is 7.47. The van der Waals surface area contributed by atoms with E-state index in [0.29, 0.717) is 36.4 Å². The third-order valence-corrected chi connectivity index (χ3v) is 7.47. The van der Waals surface area contributed by atoms with Crippen LogP contribution >= 0.6 is 0 Å². The second-order valence-electron chi connectivity index (χ2n) is 11.5. The van der Waals surface area contributed by atoms with Crippen LogP contribution in [0.15, 0.2) is 73.1 Å². The van der Waals surface area contributed by atoms with E-state index in [-0.39, 0.29) is 43.9 Å². The van der Waals surface area contributed by atoms with Crippen molar-refractivity contribution in [2.24, 2.45) is 0 Å². The summed E-state index contributed by atoms with van der Waals surface area (Å²) in [6.07, 6.45) is 5.55. The molecule has 2 aromatic carbocycles. The van der Waals surface area contributed by atoms with E-state index in [4.69, 9.17) is 4.74 Å². The first-order chi connectivity index (χ1) is 21.7. The van der Waals surface area contributed by atoms with Gasteiger partial charge in [0.05, 0.1) is 19.7 Å². The highest BCUT2D eigenvalue weighted by molar-refractivity contribution is 6.49. The highest BCUT2D eigenvalue weighted by atomic mass is 16.5. The maximum Gasteiger partial charge on any atom is 0.305 e. The minimum absolute atomic E-state index is 0.109. The van der Waals surface area contributed by atoms with Gasteiger partial charge in [-0.25, -0.2) is 0 Å². The van der Waals surface area contributed by atoms with Crippen LogP contribution in [0.25, 0.3) is 11.1 Å². The average Bonchev–Trinajstić information content (AvgIpc) is 3.05. The van der Waals surface area contributed by atoms with E-state index >= 15 is 0 Å². The Balaban J connectivity index is 1.49. The molecule has 0 spiro atoms. The van der Waals surface area contributed by atoms with E-state index in [1.807, 2.05) is 12.1 Å². The zero-order valence-electron chi connectivity index (χ0n) is 26.6. The normalized spacial score (nSPS) is 17.8. The quantitative estimate of drug-likeness (QED) is 0.201. The Morgan fingerprint density at radius 1 is 1.07 bits per heavy atom. The summed E-state index contributed by atoms with van der Waals surface area (Å²) in [6.45, 7) is 11.8. The third kappa shape index (κ3) is 12.4. The Hall–Kier alpha value is -4.09. The van der Waals surface area contributed by atoms with Gasteiger partial charge >= 0.3 is 6.92 Å². The number of benzene rings is 2. The molecule has 242 valence electrons. The summed E-state index contributed by atoms with van der Waals surface area (Å²) in [4.78, 5) is 38.4. The maximum atomic E-state index is 13.0. The molecule has 6 N–H and O–H groups in total. The van der Waals surface area contributed by atoms with Crippen LogP contribution in [0.3, 0.4) is 0 Å². The van der Waals surface area contributed by atoms with E-state index in [1.54, 1.807) is 19.0 Å². The first-order valence-corrected chi connectivity index (χ1v) is 15.8. The van der Waals surface area contributed by atoms with Gasteiger partial charge in [0.1, 0.15) is 12.1 Å². The van der Waals surface area contributed by atoms with Gasteiger partial charge in [-0.2, -0.15) is 0 Å². The van der Waals surface area contributed by atoms with E-state index in [9.17, 15) is 19.4 Å². The van der Waals surface area contributed by atoms with Gasteiger partial charge in [0.2, 0.25) is 11.8 Å². The number of hydrogen-bond acceptors (Lipinski definition) is 7. The molecule has 3 amide bonds. The topological polar surface area (TPSA) is 141 Å². The van der Waals surface area contributed by atoms with Crippen molar-refractivity contribution >= 4 is 24.6 Å². The molecule has 1 heterocycles. The molecule has 0 saturated carbocycles. The van der Waals surface area contributed by atoms with Crippen molar-refractivity contribution < 1.29 is 24.1 Å². The van der Waals surface area contributed by atoms with Crippen LogP contribution in [-0.2, 0) is 20.7 Å². The number of ether oxygens (including phenoxy) is 1. The molecule has 1 saturated heterocycles. The van der Waals surface area contributed by atoms with E-state index < -0.39 is 19.0 Å². The van der Waals surface area contributed by atoms with Crippen molar-refractivity contribution in [3.05, 3.63) is 84.2 Å². The van der Waals surface area contributed by atoms with Crippen LogP contribution in [0.1, 0.15) is 54.9 Å². The molecular formula is C34H48BN5O5. The second kappa shape index (κ2) is 18.7. The fraction of sp³-hybridized carbons (Fsp3) is 0.441. The summed E-state index contributed by atoms with van der Waals surface area (Å²) >= 11 is 0. The van der Waals surface area contributed by atoms with Crippen molar-refractivity contribution in [2.75, 3.05) is 32.7 Å². The summed E-state index contributed by atoms with van der Waals surface area (Å²) in [5.74, 6) is -0.807. The number of nitrogens with one attached hydrogen (secondary N) is 5. The molecule has 2 aromatic rings.